The first-order chi connectivity index (χ1) is 15.7. The lowest BCUT2D eigenvalue weighted by molar-refractivity contribution is -0.140. The van der Waals surface area contributed by atoms with Gasteiger partial charge in [-0.1, -0.05) is 59.1 Å². The van der Waals surface area contributed by atoms with Gasteiger partial charge in [-0.15, -0.1) is 0 Å². The molecule has 0 saturated heterocycles. The van der Waals surface area contributed by atoms with Gasteiger partial charge in [0.1, 0.15) is 0 Å². The Morgan fingerprint density at radius 2 is 1.65 bits per heavy atom. The van der Waals surface area contributed by atoms with Gasteiger partial charge in [-0.3, -0.25) is 4.79 Å². The van der Waals surface area contributed by atoms with Gasteiger partial charge in [0.25, 0.3) is 0 Å². The molecule has 2 aromatic rings. The number of amides is 1. The number of nitrogens with one attached hydrogen (secondary N) is 1. The number of aryl methyl sites for hydroxylation is 1. The van der Waals surface area contributed by atoms with Crippen molar-refractivity contribution < 1.29 is 31.1 Å². The van der Waals surface area contributed by atoms with Crippen LogP contribution in [0.1, 0.15) is 47.9 Å². The van der Waals surface area contributed by atoms with Crippen molar-refractivity contribution in [3.63, 3.8) is 0 Å². The summed E-state index contributed by atoms with van der Waals surface area (Å²) in [5.41, 5.74) is -1.38. The lowest BCUT2D eigenvalue weighted by atomic mass is 9.95. The SMILES string of the molecule is CCNC(=O)CCCc1ccc(/C=C/C(c2cc(Cl)c(Cl)c(Cl)c2)C(F)(F)F)cc1C(F)(F)F. The van der Waals surface area contributed by atoms with E-state index in [9.17, 15) is 31.1 Å². The van der Waals surface area contributed by atoms with Gasteiger partial charge in [0, 0.05) is 13.0 Å². The highest BCUT2D eigenvalue weighted by atomic mass is 35.5. The summed E-state index contributed by atoms with van der Waals surface area (Å²) in [4.78, 5) is 11.5. The molecule has 1 N–H and O–H groups in total. The molecule has 2 nitrogen and oxygen atoms in total. The maximum absolute atomic E-state index is 13.7. The number of carbonyl (C=O) groups excluding carboxylic acids is 1. The minimum atomic E-state index is -4.76. The molecule has 0 aliphatic heterocycles. The quantitative estimate of drug-likeness (QED) is 0.261. The molecular formula is C23H20Cl3F6NO. The van der Waals surface area contributed by atoms with Crippen molar-refractivity contribution >= 4 is 46.8 Å². The first-order valence-corrected chi connectivity index (χ1v) is 11.2. The monoisotopic (exact) mass is 545 g/mol. The topological polar surface area (TPSA) is 29.1 Å². The fourth-order valence-electron chi connectivity index (χ4n) is 3.28. The van der Waals surface area contributed by atoms with Gasteiger partial charge in [-0.2, -0.15) is 26.3 Å². The van der Waals surface area contributed by atoms with Crippen molar-refractivity contribution in [3.05, 3.63) is 73.7 Å². The number of allylic oxidation sites excluding steroid dienone is 1. The van der Waals surface area contributed by atoms with E-state index in [2.05, 4.69) is 5.32 Å². The predicted molar refractivity (Wildman–Crippen MR) is 122 cm³/mol. The van der Waals surface area contributed by atoms with E-state index in [-0.39, 0.29) is 56.9 Å². The molecular weight excluding hydrogens is 527 g/mol. The molecule has 0 saturated carbocycles. The standard InChI is InChI=1S/C23H20Cl3F6NO/c1-2-33-20(34)5-3-4-14-8-6-13(10-17(14)23(30,31)32)7-9-16(22(27,28)29)15-11-18(24)21(26)19(25)12-15/h6-12,16H,2-5H2,1H3,(H,33,34)/b9-7+. The minimum Gasteiger partial charge on any atom is -0.356 e. The van der Waals surface area contributed by atoms with Gasteiger partial charge >= 0.3 is 12.4 Å². The van der Waals surface area contributed by atoms with E-state index >= 15 is 0 Å². The maximum Gasteiger partial charge on any atom is 0.416 e. The van der Waals surface area contributed by atoms with Crippen molar-refractivity contribution in [2.75, 3.05) is 6.54 Å². The number of halogens is 9. The number of rotatable bonds is 8. The molecule has 1 unspecified atom stereocenters. The second-order valence-electron chi connectivity index (χ2n) is 7.40. The number of carbonyl (C=O) groups is 1. The molecule has 0 aliphatic rings. The van der Waals surface area contributed by atoms with Crippen LogP contribution in [0, 0.1) is 0 Å². The predicted octanol–water partition coefficient (Wildman–Crippen LogP) is 8.48. The van der Waals surface area contributed by atoms with Crippen molar-refractivity contribution in [1.82, 2.24) is 5.32 Å². The van der Waals surface area contributed by atoms with Crippen LogP contribution in [0.5, 0.6) is 0 Å². The summed E-state index contributed by atoms with van der Waals surface area (Å²) in [5, 5.41) is 2.11. The first kappa shape index (κ1) is 28.3. The Hall–Kier alpha value is -1.90. The molecule has 0 bridgehead atoms. The van der Waals surface area contributed by atoms with E-state index < -0.39 is 23.8 Å². The Labute approximate surface area is 207 Å². The summed E-state index contributed by atoms with van der Waals surface area (Å²) >= 11 is 17.5. The molecule has 11 heteroatoms. The number of benzene rings is 2. The minimum absolute atomic E-state index is 0.0110. The summed E-state index contributed by atoms with van der Waals surface area (Å²) in [6, 6.07) is 5.31. The van der Waals surface area contributed by atoms with Crippen LogP contribution in [0.3, 0.4) is 0 Å². The van der Waals surface area contributed by atoms with E-state index in [1.165, 1.54) is 12.1 Å². The average Bonchev–Trinajstić information content (AvgIpc) is 2.71. The van der Waals surface area contributed by atoms with Crippen LogP contribution in [0.15, 0.2) is 36.4 Å². The molecule has 1 atom stereocenters. The van der Waals surface area contributed by atoms with Gasteiger partial charge in [0.15, 0.2) is 0 Å². The van der Waals surface area contributed by atoms with Gasteiger partial charge in [-0.05, 0) is 54.7 Å². The largest absolute Gasteiger partial charge is 0.416 e. The maximum atomic E-state index is 13.7. The third kappa shape index (κ3) is 7.82. The van der Waals surface area contributed by atoms with Gasteiger partial charge < -0.3 is 5.32 Å². The van der Waals surface area contributed by atoms with Crippen LogP contribution in [-0.4, -0.2) is 18.6 Å². The molecule has 0 heterocycles. The zero-order valence-electron chi connectivity index (χ0n) is 17.8. The fraction of sp³-hybridized carbons (Fsp3) is 0.348. The van der Waals surface area contributed by atoms with Gasteiger partial charge in [-0.25, -0.2) is 0 Å². The Morgan fingerprint density at radius 3 is 2.18 bits per heavy atom. The summed E-state index contributed by atoms with van der Waals surface area (Å²) in [7, 11) is 0. The number of hydrogen-bond donors (Lipinski definition) is 1. The van der Waals surface area contributed by atoms with Crippen LogP contribution in [0.25, 0.3) is 6.08 Å². The highest BCUT2D eigenvalue weighted by Crippen LogP contribution is 2.41. The van der Waals surface area contributed by atoms with Crippen molar-refractivity contribution in [2.24, 2.45) is 0 Å². The number of hydrogen-bond acceptors (Lipinski definition) is 1. The summed E-state index contributed by atoms with van der Waals surface area (Å²) < 4.78 is 81.8. The molecule has 34 heavy (non-hydrogen) atoms. The van der Waals surface area contributed by atoms with Gasteiger partial charge in [0.05, 0.1) is 26.5 Å². The van der Waals surface area contributed by atoms with Crippen LogP contribution in [-0.2, 0) is 17.4 Å². The summed E-state index contributed by atoms with van der Waals surface area (Å²) in [6.07, 6.45) is -7.54. The Morgan fingerprint density at radius 1 is 1.03 bits per heavy atom. The second-order valence-corrected chi connectivity index (χ2v) is 8.59. The summed E-state index contributed by atoms with van der Waals surface area (Å²) in [6.45, 7) is 2.15. The lowest BCUT2D eigenvalue weighted by Gasteiger charge is -2.19. The molecule has 0 fully saturated rings. The Balaban J connectivity index is 2.34. The van der Waals surface area contributed by atoms with Crippen molar-refractivity contribution in [3.8, 4) is 0 Å². The van der Waals surface area contributed by atoms with E-state index in [0.717, 1.165) is 30.4 Å². The van der Waals surface area contributed by atoms with E-state index in [4.69, 9.17) is 34.8 Å². The van der Waals surface area contributed by atoms with Crippen LogP contribution in [0.4, 0.5) is 26.3 Å². The van der Waals surface area contributed by atoms with Gasteiger partial charge in [0.2, 0.25) is 5.91 Å². The molecule has 186 valence electrons. The van der Waals surface area contributed by atoms with Crippen LogP contribution >= 0.6 is 34.8 Å². The first-order valence-electron chi connectivity index (χ1n) is 10.1. The third-order valence-corrected chi connectivity index (χ3v) is 6.06. The Bertz CT molecular complexity index is 1030. The number of alkyl halides is 6. The molecule has 2 aromatic carbocycles. The lowest BCUT2D eigenvalue weighted by Crippen LogP contribution is -2.22. The third-order valence-electron chi connectivity index (χ3n) is 4.86. The van der Waals surface area contributed by atoms with Crippen LogP contribution in [0.2, 0.25) is 15.1 Å². The fourth-order valence-corrected chi connectivity index (χ4v) is 3.89. The highest BCUT2D eigenvalue weighted by molar-refractivity contribution is 6.48. The van der Waals surface area contributed by atoms with Crippen molar-refractivity contribution in [1.29, 1.82) is 0 Å². The molecule has 0 aromatic heterocycles. The Kier molecular flexibility index (Phi) is 9.74. The van der Waals surface area contributed by atoms with Crippen molar-refractivity contribution in [2.45, 2.75) is 44.5 Å². The molecule has 1 amide bonds. The zero-order valence-corrected chi connectivity index (χ0v) is 20.0. The average molecular weight is 547 g/mol. The summed E-state index contributed by atoms with van der Waals surface area (Å²) in [5.74, 6) is -2.44. The normalized spacial score (nSPS) is 13.4. The second kappa shape index (κ2) is 11.7. The molecule has 2 rings (SSSR count). The van der Waals surface area contributed by atoms with E-state index in [1.54, 1.807) is 6.92 Å². The highest BCUT2D eigenvalue weighted by Gasteiger charge is 2.39. The van der Waals surface area contributed by atoms with E-state index in [1.807, 2.05) is 0 Å². The smallest absolute Gasteiger partial charge is 0.356 e. The van der Waals surface area contributed by atoms with Crippen LogP contribution < -0.4 is 5.32 Å². The molecule has 0 spiro atoms. The molecule has 0 aliphatic carbocycles. The van der Waals surface area contributed by atoms with E-state index in [0.29, 0.717) is 6.54 Å². The molecule has 0 radical (unpaired) electrons. The zero-order chi connectivity index (χ0) is 25.7.